The molecular formula is C25H42BN5O5. The van der Waals surface area contributed by atoms with Crippen molar-refractivity contribution in [3.05, 3.63) is 12.4 Å². The summed E-state index contributed by atoms with van der Waals surface area (Å²) in [5, 5.41) is 2.64. The number of rotatable bonds is 6. The molecule has 0 bridgehead atoms. The fourth-order valence-electron chi connectivity index (χ4n) is 4.37. The number of carbonyl (C=O) groups is 2. The number of carbonyl (C=O) groups excluding carboxylic acids is 2. The van der Waals surface area contributed by atoms with Crippen LogP contribution in [0, 0.1) is 0 Å². The van der Waals surface area contributed by atoms with Gasteiger partial charge in [-0.2, -0.15) is 0 Å². The fourth-order valence-corrected chi connectivity index (χ4v) is 4.37. The minimum atomic E-state index is -0.679. The maximum atomic E-state index is 13.0. The largest absolute Gasteiger partial charge is 0.498 e. The molecule has 0 aliphatic carbocycles. The topological polar surface area (TPSA) is 106 Å². The van der Waals surface area contributed by atoms with E-state index in [0.717, 1.165) is 11.9 Å². The molecule has 2 saturated heterocycles. The zero-order chi connectivity index (χ0) is 27.1. The molecule has 0 saturated carbocycles. The molecule has 2 aliphatic heterocycles. The van der Waals surface area contributed by atoms with Crippen molar-refractivity contribution >= 4 is 30.5 Å². The number of aromatic nitrogens is 2. The summed E-state index contributed by atoms with van der Waals surface area (Å²) in [6.07, 6.45) is 3.69. The summed E-state index contributed by atoms with van der Waals surface area (Å²) in [5.74, 6) is 0.466. The van der Waals surface area contributed by atoms with Gasteiger partial charge in [-0.15, -0.1) is 0 Å². The van der Waals surface area contributed by atoms with Gasteiger partial charge in [0.2, 0.25) is 11.9 Å². The van der Waals surface area contributed by atoms with Crippen molar-refractivity contribution in [1.82, 2.24) is 20.2 Å². The zero-order valence-electron chi connectivity index (χ0n) is 23.4. The maximum absolute atomic E-state index is 13.0. The van der Waals surface area contributed by atoms with E-state index in [1.807, 2.05) is 27.7 Å². The van der Waals surface area contributed by atoms with Gasteiger partial charge in [0.05, 0.1) is 17.2 Å². The summed E-state index contributed by atoms with van der Waals surface area (Å²) >= 11 is 0. The van der Waals surface area contributed by atoms with E-state index in [2.05, 4.69) is 34.0 Å². The first kappa shape index (κ1) is 28.2. The van der Waals surface area contributed by atoms with E-state index in [1.54, 1.807) is 45.0 Å². The quantitative estimate of drug-likeness (QED) is 0.591. The van der Waals surface area contributed by atoms with Gasteiger partial charge in [-0.3, -0.25) is 4.79 Å². The number of hydrogen-bond donors (Lipinski definition) is 1. The van der Waals surface area contributed by atoms with Gasteiger partial charge in [0, 0.05) is 37.0 Å². The molecule has 1 aromatic heterocycles. The highest BCUT2D eigenvalue weighted by atomic mass is 16.7. The van der Waals surface area contributed by atoms with Crippen LogP contribution in [0.15, 0.2) is 12.4 Å². The van der Waals surface area contributed by atoms with E-state index in [9.17, 15) is 9.59 Å². The van der Waals surface area contributed by atoms with Crippen LogP contribution in [0.4, 0.5) is 10.7 Å². The average molecular weight is 503 g/mol. The molecule has 0 unspecified atom stereocenters. The Hall–Kier alpha value is -2.40. The van der Waals surface area contributed by atoms with Crippen LogP contribution in [0.1, 0.15) is 75.7 Å². The first-order valence-corrected chi connectivity index (χ1v) is 12.7. The molecule has 0 spiro atoms. The summed E-state index contributed by atoms with van der Waals surface area (Å²) in [6, 6.07) is -0.489. The molecule has 2 fully saturated rings. The van der Waals surface area contributed by atoms with E-state index in [1.165, 1.54) is 0 Å². The first-order chi connectivity index (χ1) is 16.5. The third-order valence-electron chi connectivity index (χ3n) is 6.94. The second kappa shape index (κ2) is 10.2. The molecule has 2 aliphatic rings. The molecule has 11 heteroatoms. The SMILES string of the molecule is CC(C)N(c1ncc(B2OC(C)(C)C(C)(C)O2)cn1)[C@H]1CCN(C(=O)[C@@H](C)NC(=O)OC(C)(C)C)C1. The van der Waals surface area contributed by atoms with Crippen molar-refractivity contribution in [1.29, 1.82) is 0 Å². The van der Waals surface area contributed by atoms with Crippen molar-refractivity contribution in [3.8, 4) is 0 Å². The lowest BCUT2D eigenvalue weighted by Crippen LogP contribution is -2.49. The Morgan fingerprint density at radius 2 is 1.69 bits per heavy atom. The minimum absolute atomic E-state index is 0.0605. The number of alkyl carbamates (subject to hydrolysis) is 1. The van der Waals surface area contributed by atoms with Crippen LogP contribution >= 0.6 is 0 Å². The van der Waals surface area contributed by atoms with E-state index in [4.69, 9.17) is 14.0 Å². The molecule has 0 radical (unpaired) electrons. The Morgan fingerprint density at radius 3 is 2.19 bits per heavy atom. The van der Waals surface area contributed by atoms with Gasteiger partial charge in [0.15, 0.2) is 0 Å². The number of nitrogens with zero attached hydrogens (tertiary/aromatic N) is 4. The molecule has 36 heavy (non-hydrogen) atoms. The smallest absolute Gasteiger partial charge is 0.444 e. The van der Waals surface area contributed by atoms with Crippen LogP contribution in [-0.2, 0) is 18.8 Å². The van der Waals surface area contributed by atoms with Crippen molar-refractivity contribution in [2.45, 2.75) is 111 Å². The first-order valence-electron chi connectivity index (χ1n) is 12.7. The fraction of sp³-hybridized carbons (Fsp3) is 0.760. The Labute approximate surface area is 215 Å². The lowest BCUT2D eigenvalue weighted by Gasteiger charge is -2.33. The van der Waals surface area contributed by atoms with Crippen LogP contribution < -0.4 is 15.7 Å². The lowest BCUT2D eigenvalue weighted by molar-refractivity contribution is -0.132. The Morgan fingerprint density at radius 1 is 1.14 bits per heavy atom. The van der Waals surface area contributed by atoms with Crippen LogP contribution in [0.5, 0.6) is 0 Å². The van der Waals surface area contributed by atoms with E-state index >= 15 is 0 Å². The van der Waals surface area contributed by atoms with Gasteiger partial charge in [0.1, 0.15) is 11.6 Å². The number of amides is 2. The second-order valence-electron chi connectivity index (χ2n) is 12.0. The van der Waals surface area contributed by atoms with Gasteiger partial charge < -0.3 is 29.2 Å². The van der Waals surface area contributed by atoms with E-state index < -0.39 is 36.1 Å². The van der Waals surface area contributed by atoms with Crippen molar-refractivity contribution in [2.75, 3.05) is 18.0 Å². The molecule has 10 nitrogen and oxygen atoms in total. The van der Waals surface area contributed by atoms with E-state index in [0.29, 0.717) is 19.0 Å². The summed E-state index contributed by atoms with van der Waals surface area (Å²) in [7, 11) is -0.518. The summed E-state index contributed by atoms with van der Waals surface area (Å²) < 4.78 is 17.5. The van der Waals surface area contributed by atoms with Gasteiger partial charge in [0.25, 0.3) is 0 Å². The zero-order valence-corrected chi connectivity index (χ0v) is 23.4. The standard InChI is InChI=1S/C25H42BN5O5/c1-16(2)31(21-27-13-18(14-28-21)26-35-24(7,8)25(9,10)36-26)19-11-12-30(15-19)20(32)17(3)29-22(33)34-23(4,5)6/h13-14,16-17,19H,11-12,15H2,1-10H3,(H,29,33)/t17-,19+/m1/s1. The highest BCUT2D eigenvalue weighted by molar-refractivity contribution is 6.61. The predicted octanol–water partition coefficient (Wildman–Crippen LogP) is 2.50. The van der Waals surface area contributed by atoms with Crippen molar-refractivity contribution in [2.24, 2.45) is 0 Å². The van der Waals surface area contributed by atoms with Gasteiger partial charge in [-0.1, -0.05) is 0 Å². The van der Waals surface area contributed by atoms with Crippen LogP contribution in [0.25, 0.3) is 0 Å². The summed E-state index contributed by atoms with van der Waals surface area (Å²) in [6.45, 7) is 20.4. The predicted molar refractivity (Wildman–Crippen MR) is 139 cm³/mol. The Balaban J connectivity index is 1.65. The lowest BCUT2D eigenvalue weighted by atomic mass is 9.81. The molecule has 3 rings (SSSR count). The molecule has 2 atom stereocenters. The number of ether oxygens (including phenoxy) is 1. The molecule has 1 N–H and O–H groups in total. The number of nitrogens with one attached hydrogen (secondary N) is 1. The van der Waals surface area contributed by atoms with Crippen LogP contribution in [-0.4, -0.2) is 82.0 Å². The normalized spacial score (nSPS) is 22.0. The summed E-state index contributed by atoms with van der Waals surface area (Å²) in [4.78, 5) is 38.3. The molecule has 200 valence electrons. The van der Waals surface area contributed by atoms with E-state index in [-0.39, 0.29) is 18.0 Å². The number of hydrogen-bond acceptors (Lipinski definition) is 8. The Bertz CT molecular complexity index is 931. The highest BCUT2D eigenvalue weighted by Crippen LogP contribution is 2.36. The highest BCUT2D eigenvalue weighted by Gasteiger charge is 2.52. The maximum Gasteiger partial charge on any atom is 0.498 e. The third kappa shape index (κ3) is 6.29. The third-order valence-corrected chi connectivity index (χ3v) is 6.94. The molecule has 0 aromatic carbocycles. The Kier molecular flexibility index (Phi) is 7.96. The average Bonchev–Trinajstić information content (AvgIpc) is 3.28. The molecule has 2 amide bonds. The van der Waals surface area contributed by atoms with Crippen LogP contribution in [0.3, 0.4) is 0 Å². The van der Waals surface area contributed by atoms with Gasteiger partial charge in [-0.05, 0) is 75.7 Å². The second-order valence-corrected chi connectivity index (χ2v) is 12.0. The number of anilines is 1. The van der Waals surface area contributed by atoms with Crippen molar-refractivity contribution < 1.29 is 23.6 Å². The molecular weight excluding hydrogens is 461 g/mol. The summed E-state index contributed by atoms with van der Waals surface area (Å²) in [5.41, 5.74) is -0.724. The van der Waals surface area contributed by atoms with Crippen LogP contribution in [0.2, 0.25) is 0 Å². The van der Waals surface area contributed by atoms with Gasteiger partial charge in [-0.25, -0.2) is 14.8 Å². The molecule has 3 heterocycles. The monoisotopic (exact) mass is 503 g/mol. The number of likely N-dealkylation sites (tertiary alicyclic amines) is 1. The van der Waals surface area contributed by atoms with Gasteiger partial charge >= 0.3 is 13.2 Å². The van der Waals surface area contributed by atoms with Crippen molar-refractivity contribution in [3.63, 3.8) is 0 Å². The molecule has 1 aromatic rings. The minimum Gasteiger partial charge on any atom is -0.444 e.